The van der Waals surface area contributed by atoms with Gasteiger partial charge in [0.1, 0.15) is 0 Å². The van der Waals surface area contributed by atoms with Crippen molar-refractivity contribution in [1.82, 2.24) is 0 Å². The summed E-state index contributed by atoms with van der Waals surface area (Å²) >= 11 is 0. The second kappa shape index (κ2) is 4.63. The molecule has 0 radical (unpaired) electrons. The minimum atomic E-state index is -0.124. The Hall–Kier alpha value is -0.0800. The lowest BCUT2D eigenvalue weighted by molar-refractivity contribution is -0.000147. The van der Waals surface area contributed by atoms with Crippen LogP contribution in [0.5, 0.6) is 0 Å². The molecule has 0 heterocycles. The van der Waals surface area contributed by atoms with Crippen LogP contribution in [0.2, 0.25) is 0 Å². The van der Waals surface area contributed by atoms with Crippen LogP contribution < -0.4 is 0 Å². The zero-order valence-electron chi connectivity index (χ0n) is 10.5. The fourth-order valence-corrected chi connectivity index (χ4v) is 1.87. The van der Waals surface area contributed by atoms with Gasteiger partial charge in [-0.15, -0.1) is 0 Å². The summed E-state index contributed by atoms with van der Waals surface area (Å²) < 4.78 is 0. The maximum atomic E-state index is 9.41. The molecule has 0 fully saturated rings. The third kappa shape index (κ3) is 3.25. The van der Waals surface area contributed by atoms with Crippen LogP contribution in [0.4, 0.5) is 0 Å². The first-order valence-electron chi connectivity index (χ1n) is 5.38. The second-order valence-corrected chi connectivity index (χ2v) is 6.09. The van der Waals surface area contributed by atoms with E-state index in [2.05, 4.69) is 27.7 Å². The van der Waals surface area contributed by atoms with Crippen LogP contribution in [0.15, 0.2) is 0 Å². The molecule has 0 amide bonds. The van der Waals surface area contributed by atoms with Crippen LogP contribution >= 0.6 is 0 Å². The van der Waals surface area contributed by atoms with Crippen molar-refractivity contribution in [3.05, 3.63) is 0 Å². The highest BCUT2D eigenvalue weighted by Crippen LogP contribution is 2.40. The van der Waals surface area contributed by atoms with Crippen LogP contribution in [0.1, 0.15) is 41.5 Å². The van der Waals surface area contributed by atoms with Crippen molar-refractivity contribution in [1.29, 1.82) is 0 Å². The predicted molar refractivity (Wildman–Crippen MR) is 60.1 cm³/mol. The molecular weight excluding hydrogens is 176 g/mol. The molecule has 86 valence electrons. The van der Waals surface area contributed by atoms with E-state index in [0.29, 0.717) is 5.92 Å². The summed E-state index contributed by atoms with van der Waals surface area (Å²) in [5.74, 6) is 0.530. The summed E-state index contributed by atoms with van der Waals surface area (Å²) in [4.78, 5) is 0. The van der Waals surface area contributed by atoms with Crippen molar-refractivity contribution in [2.45, 2.75) is 41.5 Å². The van der Waals surface area contributed by atoms with E-state index in [1.54, 1.807) is 0 Å². The third-order valence-corrected chi connectivity index (χ3v) is 3.55. The molecule has 0 rings (SSSR count). The Morgan fingerprint density at radius 3 is 1.64 bits per heavy atom. The molecule has 0 bridgehead atoms. The fourth-order valence-electron chi connectivity index (χ4n) is 1.87. The second-order valence-electron chi connectivity index (χ2n) is 6.09. The lowest BCUT2D eigenvalue weighted by Gasteiger charge is -2.41. The molecule has 2 N–H and O–H groups in total. The third-order valence-electron chi connectivity index (χ3n) is 3.55. The molecule has 0 saturated carbocycles. The molecule has 14 heavy (non-hydrogen) atoms. The van der Waals surface area contributed by atoms with E-state index < -0.39 is 0 Å². The van der Waals surface area contributed by atoms with Gasteiger partial charge in [0.15, 0.2) is 0 Å². The lowest BCUT2D eigenvalue weighted by Crippen LogP contribution is -2.39. The summed E-state index contributed by atoms with van der Waals surface area (Å²) in [5, 5.41) is 18.7. The Bertz CT molecular complexity index is 168. The number of aliphatic hydroxyl groups excluding tert-OH is 2. The molecule has 0 aromatic carbocycles. The number of rotatable bonds is 4. The molecule has 0 spiro atoms. The molecule has 0 aliphatic carbocycles. The van der Waals surface area contributed by atoms with E-state index in [1.807, 2.05) is 13.8 Å². The van der Waals surface area contributed by atoms with Gasteiger partial charge in [-0.3, -0.25) is 0 Å². The summed E-state index contributed by atoms with van der Waals surface area (Å²) in [7, 11) is 0. The molecule has 0 aliphatic rings. The first-order valence-corrected chi connectivity index (χ1v) is 5.38. The highest BCUT2D eigenvalue weighted by Gasteiger charge is 2.37. The average Bonchev–Trinajstić information content (AvgIpc) is 2.03. The largest absolute Gasteiger partial charge is 0.396 e. The van der Waals surface area contributed by atoms with Gasteiger partial charge >= 0.3 is 0 Å². The smallest absolute Gasteiger partial charge is 0.0484 e. The first kappa shape index (κ1) is 13.9. The van der Waals surface area contributed by atoms with Gasteiger partial charge in [-0.05, 0) is 22.7 Å². The topological polar surface area (TPSA) is 40.5 Å². The molecule has 0 saturated heterocycles. The Morgan fingerprint density at radius 1 is 1.00 bits per heavy atom. The average molecular weight is 202 g/mol. The fraction of sp³-hybridized carbons (Fsp3) is 1.00. The highest BCUT2D eigenvalue weighted by molar-refractivity contribution is 4.86. The zero-order chi connectivity index (χ0) is 11.6. The van der Waals surface area contributed by atoms with E-state index in [0.717, 1.165) is 0 Å². The Balaban J connectivity index is 4.71. The molecule has 2 nitrogen and oxygen atoms in total. The van der Waals surface area contributed by atoms with Gasteiger partial charge in [0.05, 0.1) is 0 Å². The van der Waals surface area contributed by atoms with Gasteiger partial charge in [-0.25, -0.2) is 0 Å². The Labute approximate surface area is 88.3 Å². The van der Waals surface area contributed by atoms with Gasteiger partial charge in [-0.1, -0.05) is 41.5 Å². The molecule has 2 heteroatoms. The molecule has 0 aromatic heterocycles. The highest BCUT2D eigenvalue weighted by atomic mass is 16.3. The van der Waals surface area contributed by atoms with Crippen LogP contribution in [-0.4, -0.2) is 23.4 Å². The Morgan fingerprint density at radius 2 is 1.43 bits per heavy atom. The van der Waals surface area contributed by atoms with Gasteiger partial charge in [0, 0.05) is 13.2 Å². The van der Waals surface area contributed by atoms with E-state index in [4.69, 9.17) is 0 Å². The van der Waals surface area contributed by atoms with Gasteiger partial charge < -0.3 is 10.2 Å². The van der Waals surface area contributed by atoms with Gasteiger partial charge in [-0.2, -0.15) is 0 Å². The summed E-state index contributed by atoms with van der Waals surface area (Å²) in [6.07, 6.45) is 0. The molecule has 2 atom stereocenters. The van der Waals surface area contributed by atoms with E-state index >= 15 is 0 Å². The van der Waals surface area contributed by atoms with Crippen molar-refractivity contribution in [2.24, 2.45) is 22.7 Å². The van der Waals surface area contributed by atoms with E-state index in [9.17, 15) is 10.2 Å². The monoisotopic (exact) mass is 202 g/mol. The van der Waals surface area contributed by atoms with Crippen LogP contribution in [-0.2, 0) is 0 Å². The maximum absolute atomic E-state index is 9.41. The predicted octanol–water partition coefficient (Wildman–Crippen LogP) is 2.30. The standard InChI is InChI=1S/C12H26O2/c1-9(12(5,6)8-14)10(7-13)11(2,3)4/h9-10,13-14H,7-8H2,1-6H3/t9-,10-/m1/s1. The van der Waals surface area contributed by atoms with Crippen LogP contribution in [0, 0.1) is 22.7 Å². The SMILES string of the molecule is C[C@H]([C@@H](CO)C(C)(C)C)C(C)(C)CO. The van der Waals surface area contributed by atoms with Gasteiger partial charge in [0.2, 0.25) is 0 Å². The number of hydrogen-bond acceptors (Lipinski definition) is 2. The maximum Gasteiger partial charge on any atom is 0.0484 e. The Kier molecular flexibility index (Phi) is 4.60. The van der Waals surface area contributed by atoms with Crippen LogP contribution in [0.25, 0.3) is 0 Å². The lowest BCUT2D eigenvalue weighted by atomic mass is 9.65. The minimum Gasteiger partial charge on any atom is -0.396 e. The minimum absolute atomic E-state index is 0.0839. The summed E-state index contributed by atoms with van der Waals surface area (Å²) in [5.41, 5.74) is -0.0404. The molecule has 0 aromatic rings. The summed E-state index contributed by atoms with van der Waals surface area (Å²) in [6.45, 7) is 13.0. The normalized spacial score (nSPS) is 18.0. The van der Waals surface area contributed by atoms with Gasteiger partial charge in [0.25, 0.3) is 0 Å². The van der Waals surface area contributed by atoms with Crippen molar-refractivity contribution in [3.8, 4) is 0 Å². The summed E-state index contributed by atoms with van der Waals surface area (Å²) in [6, 6.07) is 0. The van der Waals surface area contributed by atoms with Crippen molar-refractivity contribution in [3.63, 3.8) is 0 Å². The zero-order valence-corrected chi connectivity index (χ0v) is 10.5. The van der Waals surface area contributed by atoms with Crippen LogP contribution in [0.3, 0.4) is 0 Å². The van der Waals surface area contributed by atoms with E-state index in [-0.39, 0.29) is 30.0 Å². The molecule has 0 aliphatic heterocycles. The van der Waals surface area contributed by atoms with E-state index in [1.165, 1.54) is 0 Å². The quantitative estimate of drug-likeness (QED) is 0.734. The number of aliphatic hydroxyl groups is 2. The van der Waals surface area contributed by atoms with Crippen molar-refractivity contribution in [2.75, 3.05) is 13.2 Å². The molecular formula is C12H26O2. The van der Waals surface area contributed by atoms with Crippen molar-refractivity contribution >= 4 is 0 Å². The molecule has 0 unspecified atom stereocenters. The first-order chi connectivity index (χ1) is 6.16. The number of hydrogen-bond donors (Lipinski definition) is 2. The van der Waals surface area contributed by atoms with Crippen molar-refractivity contribution < 1.29 is 10.2 Å².